The van der Waals surface area contributed by atoms with Gasteiger partial charge in [-0.15, -0.1) is 0 Å². The average Bonchev–Trinajstić information content (AvgIpc) is 2.24. The largest absolute Gasteiger partial charge is 0.416 e. The predicted molar refractivity (Wildman–Crippen MR) is 69.1 cm³/mol. The van der Waals surface area contributed by atoms with Crippen LogP contribution >= 0.6 is 0 Å². The third kappa shape index (κ3) is 3.76. The molecule has 0 N–H and O–H groups in total. The van der Waals surface area contributed by atoms with Crippen molar-refractivity contribution in [3.63, 3.8) is 0 Å². The second-order valence-electron chi connectivity index (χ2n) is 4.71. The first-order valence-corrected chi connectivity index (χ1v) is 5.72. The Morgan fingerprint density at radius 1 is 0.944 bits per heavy atom. The van der Waals surface area contributed by atoms with E-state index in [0.717, 1.165) is 34.4 Å². The number of hydrogen-bond acceptors (Lipinski definition) is 0. The molecule has 18 heavy (non-hydrogen) atoms. The van der Waals surface area contributed by atoms with Gasteiger partial charge in [0.1, 0.15) is 0 Å². The minimum absolute atomic E-state index is 0.614. The van der Waals surface area contributed by atoms with Gasteiger partial charge in [0.2, 0.25) is 0 Å². The van der Waals surface area contributed by atoms with Crippen LogP contribution in [0.1, 0.15) is 38.8 Å². The van der Waals surface area contributed by atoms with E-state index in [0.29, 0.717) is 0 Å². The molecule has 0 spiro atoms. The van der Waals surface area contributed by atoms with Crippen molar-refractivity contribution >= 4 is 5.57 Å². The van der Waals surface area contributed by atoms with E-state index < -0.39 is 11.7 Å². The number of halogens is 3. The molecule has 3 heteroatoms. The lowest BCUT2D eigenvalue weighted by molar-refractivity contribution is -0.137. The summed E-state index contributed by atoms with van der Waals surface area (Å²) in [4.78, 5) is 0. The molecule has 0 aromatic heterocycles. The van der Waals surface area contributed by atoms with Crippen molar-refractivity contribution in [1.29, 1.82) is 0 Å². The molecule has 0 unspecified atom stereocenters. The summed E-state index contributed by atoms with van der Waals surface area (Å²) in [6.45, 7) is 7.83. The number of allylic oxidation sites excluding steroid dienone is 4. The van der Waals surface area contributed by atoms with Crippen LogP contribution in [0.15, 0.2) is 41.5 Å². The van der Waals surface area contributed by atoms with Gasteiger partial charge in [0.05, 0.1) is 5.56 Å². The van der Waals surface area contributed by atoms with Crippen LogP contribution in [0.4, 0.5) is 13.2 Å². The van der Waals surface area contributed by atoms with Crippen molar-refractivity contribution in [2.75, 3.05) is 0 Å². The summed E-state index contributed by atoms with van der Waals surface area (Å²) in [6.07, 6.45) is -2.29. The summed E-state index contributed by atoms with van der Waals surface area (Å²) >= 11 is 0. The van der Waals surface area contributed by atoms with Crippen molar-refractivity contribution in [1.82, 2.24) is 0 Å². The molecule has 0 amide bonds. The second kappa shape index (κ2) is 5.42. The standard InChI is InChI=1S/C15H17F3/c1-10(2)9-14(11(3)4)12-5-7-13(8-6-12)15(16,17)18/h5-9H,1-4H3. The lowest BCUT2D eigenvalue weighted by Crippen LogP contribution is -2.04. The molecule has 1 aromatic rings. The van der Waals surface area contributed by atoms with E-state index in [4.69, 9.17) is 0 Å². The first-order chi connectivity index (χ1) is 8.21. The average molecular weight is 254 g/mol. The fourth-order valence-electron chi connectivity index (χ4n) is 1.64. The Balaban J connectivity index is 3.19. The van der Waals surface area contributed by atoms with Gasteiger partial charge in [-0.05, 0) is 51.0 Å². The zero-order chi connectivity index (χ0) is 13.9. The fourth-order valence-corrected chi connectivity index (χ4v) is 1.64. The molecule has 0 heterocycles. The van der Waals surface area contributed by atoms with Gasteiger partial charge in [0.15, 0.2) is 0 Å². The Morgan fingerprint density at radius 3 is 1.78 bits per heavy atom. The zero-order valence-electron chi connectivity index (χ0n) is 11.0. The Hall–Kier alpha value is -1.51. The summed E-state index contributed by atoms with van der Waals surface area (Å²) in [5, 5.41) is 0. The highest BCUT2D eigenvalue weighted by Crippen LogP contribution is 2.31. The lowest BCUT2D eigenvalue weighted by atomic mass is 9.98. The monoisotopic (exact) mass is 254 g/mol. The van der Waals surface area contributed by atoms with E-state index in [2.05, 4.69) is 0 Å². The summed E-state index contributed by atoms with van der Waals surface area (Å²) in [5.41, 5.74) is 3.37. The maximum absolute atomic E-state index is 12.5. The normalized spacial score (nSPS) is 11.1. The van der Waals surface area contributed by atoms with Gasteiger partial charge >= 0.3 is 6.18 Å². The first-order valence-electron chi connectivity index (χ1n) is 5.72. The van der Waals surface area contributed by atoms with Crippen molar-refractivity contribution in [3.05, 3.63) is 52.6 Å². The van der Waals surface area contributed by atoms with Crippen LogP contribution in [0.5, 0.6) is 0 Å². The zero-order valence-corrected chi connectivity index (χ0v) is 11.0. The lowest BCUT2D eigenvalue weighted by Gasteiger charge is -2.10. The summed E-state index contributed by atoms with van der Waals surface area (Å²) in [7, 11) is 0. The highest BCUT2D eigenvalue weighted by atomic mass is 19.4. The molecule has 1 rings (SSSR count). The van der Waals surface area contributed by atoms with Crippen molar-refractivity contribution < 1.29 is 13.2 Å². The SMILES string of the molecule is CC(C)=CC(=C(C)C)c1ccc(C(F)(F)F)cc1. The Labute approximate surface area is 106 Å². The first kappa shape index (κ1) is 14.6. The second-order valence-corrected chi connectivity index (χ2v) is 4.71. The van der Waals surface area contributed by atoms with Gasteiger partial charge < -0.3 is 0 Å². The van der Waals surface area contributed by atoms with E-state index in [1.165, 1.54) is 12.1 Å². The van der Waals surface area contributed by atoms with Crippen molar-refractivity contribution in [2.45, 2.75) is 33.9 Å². The van der Waals surface area contributed by atoms with E-state index in [-0.39, 0.29) is 0 Å². The summed E-state index contributed by atoms with van der Waals surface area (Å²) < 4.78 is 37.4. The molecule has 98 valence electrons. The van der Waals surface area contributed by atoms with E-state index >= 15 is 0 Å². The maximum atomic E-state index is 12.5. The van der Waals surface area contributed by atoms with Crippen LogP contribution in [0.3, 0.4) is 0 Å². The molecule has 0 bridgehead atoms. The highest BCUT2D eigenvalue weighted by Gasteiger charge is 2.29. The molecule has 0 saturated heterocycles. The van der Waals surface area contributed by atoms with Crippen LogP contribution < -0.4 is 0 Å². The molecule has 0 saturated carbocycles. The van der Waals surface area contributed by atoms with E-state index in [1.54, 1.807) is 0 Å². The molecule has 1 aromatic carbocycles. The molecule has 0 fully saturated rings. The Bertz CT molecular complexity index is 465. The van der Waals surface area contributed by atoms with Crippen LogP contribution in [0.25, 0.3) is 5.57 Å². The smallest absolute Gasteiger partial charge is 0.166 e. The minimum Gasteiger partial charge on any atom is -0.166 e. The van der Waals surface area contributed by atoms with Crippen molar-refractivity contribution in [3.8, 4) is 0 Å². The third-order valence-corrected chi connectivity index (χ3v) is 2.49. The molecule has 0 aliphatic carbocycles. The molecule has 0 aliphatic heterocycles. The van der Waals surface area contributed by atoms with E-state index in [1.807, 2.05) is 33.8 Å². The van der Waals surface area contributed by atoms with E-state index in [9.17, 15) is 13.2 Å². The quantitative estimate of drug-likeness (QED) is 0.614. The summed E-state index contributed by atoms with van der Waals surface area (Å²) in [6, 6.07) is 5.28. The topological polar surface area (TPSA) is 0 Å². The van der Waals surface area contributed by atoms with Gasteiger partial charge in [-0.2, -0.15) is 13.2 Å². The van der Waals surface area contributed by atoms with Gasteiger partial charge in [-0.1, -0.05) is 29.4 Å². The molecule has 0 aliphatic rings. The van der Waals surface area contributed by atoms with Crippen LogP contribution in [-0.2, 0) is 6.18 Å². The fraction of sp³-hybridized carbons (Fsp3) is 0.333. The molecular formula is C15H17F3. The van der Waals surface area contributed by atoms with Gasteiger partial charge in [-0.3, -0.25) is 0 Å². The highest BCUT2D eigenvalue weighted by molar-refractivity contribution is 5.76. The summed E-state index contributed by atoms with van der Waals surface area (Å²) in [5.74, 6) is 0. The number of rotatable bonds is 2. The molecule has 0 radical (unpaired) electrons. The molecular weight excluding hydrogens is 237 g/mol. The maximum Gasteiger partial charge on any atom is 0.416 e. The number of benzene rings is 1. The van der Waals surface area contributed by atoms with Crippen molar-refractivity contribution in [2.24, 2.45) is 0 Å². The van der Waals surface area contributed by atoms with Gasteiger partial charge in [-0.25, -0.2) is 0 Å². The molecule has 0 atom stereocenters. The van der Waals surface area contributed by atoms with Gasteiger partial charge in [0.25, 0.3) is 0 Å². The number of hydrogen-bond donors (Lipinski definition) is 0. The van der Waals surface area contributed by atoms with Crippen LogP contribution in [-0.4, -0.2) is 0 Å². The van der Waals surface area contributed by atoms with Crippen LogP contribution in [0, 0.1) is 0 Å². The predicted octanol–water partition coefficient (Wildman–Crippen LogP) is 5.47. The Kier molecular flexibility index (Phi) is 4.38. The van der Waals surface area contributed by atoms with Gasteiger partial charge in [0, 0.05) is 0 Å². The minimum atomic E-state index is -4.28. The third-order valence-electron chi connectivity index (χ3n) is 2.49. The Morgan fingerprint density at radius 2 is 1.44 bits per heavy atom. The van der Waals surface area contributed by atoms with Crippen LogP contribution in [0.2, 0.25) is 0 Å². The molecule has 0 nitrogen and oxygen atoms in total. The number of alkyl halides is 3.